The average Bonchev–Trinajstić information content (AvgIpc) is 2.94. The smallest absolute Gasteiger partial charge is 0.276 e. The molecule has 2 rings (SSSR count). The molecule has 1 aromatic heterocycles. The number of piperidine rings is 1. The highest BCUT2D eigenvalue weighted by Gasteiger charge is 2.32. The molecule has 1 aliphatic heterocycles. The van der Waals surface area contributed by atoms with E-state index in [0.717, 1.165) is 19.4 Å². The van der Waals surface area contributed by atoms with Gasteiger partial charge in [-0.2, -0.15) is 4.31 Å². The van der Waals surface area contributed by atoms with Gasteiger partial charge < -0.3 is 9.73 Å². The van der Waals surface area contributed by atoms with Gasteiger partial charge in [-0.15, -0.1) is 0 Å². The van der Waals surface area contributed by atoms with Gasteiger partial charge >= 0.3 is 0 Å². The van der Waals surface area contributed by atoms with Crippen molar-refractivity contribution < 1.29 is 12.8 Å². The molecule has 120 valence electrons. The van der Waals surface area contributed by atoms with Crippen molar-refractivity contribution in [3.63, 3.8) is 0 Å². The summed E-state index contributed by atoms with van der Waals surface area (Å²) in [7, 11) is -3.48. The van der Waals surface area contributed by atoms with Gasteiger partial charge in [0.1, 0.15) is 5.76 Å². The van der Waals surface area contributed by atoms with Crippen molar-refractivity contribution in [2.45, 2.75) is 45.2 Å². The maximum Gasteiger partial charge on any atom is 0.276 e. The monoisotopic (exact) mass is 314 g/mol. The molecule has 6 heteroatoms. The Labute approximate surface area is 127 Å². The third-order valence-corrected chi connectivity index (χ3v) is 5.99. The Balaban J connectivity index is 2.03. The summed E-state index contributed by atoms with van der Waals surface area (Å²) in [5.74, 6) is 1.90. The Bertz CT molecular complexity index is 543. The Hall–Kier alpha value is -0.850. The minimum Gasteiger partial charge on any atom is -0.447 e. The first-order valence-corrected chi connectivity index (χ1v) is 9.18. The Morgan fingerprint density at radius 1 is 1.33 bits per heavy atom. The third kappa shape index (κ3) is 3.87. The lowest BCUT2D eigenvalue weighted by atomic mass is 9.87. The summed E-state index contributed by atoms with van der Waals surface area (Å²) in [5, 5.41) is 3.19. The van der Waals surface area contributed by atoms with Gasteiger partial charge in [0.05, 0.1) is 6.54 Å². The van der Waals surface area contributed by atoms with Crippen LogP contribution in [0.15, 0.2) is 21.6 Å². The molecular weight excluding hydrogens is 288 g/mol. The lowest BCUT2D eigenvalue weighted by molar-refractivity contribution is 0.223. The average molecular weight is 314 g/mol. The molecule has 0 unspecified atom stereocenters. The van der Waals surface area contributed by atoms with Gasteiger partial charge in [-0.25, -0.2) is 8.42 Å². The highest BCUT2D eigenvalue weighted by atomic mass is 32.2. The van der Waals surface area contributed by atoms with Gasteiger partial charge in [0, 0.05) is 13.1 Å². The molecule has 21 heavy (non-hydrogen) atoms. The summed E-state index contributed by atoms with van der Waals surface area (Å²) in [4.78, 5) is 0. The summed E-state index contributed by atoms with van der Waals surface area (Å²) >= 11 is 0. The second kappa shape index (κ2) is 6.94. The standard InChI is InChI=1S/C15H26N2O3S/c1-4-16-11-14-5-6-15(20-14)21(18,19)17-9-7-13(8-10-17)12(2)3/h5-6,12-13,16H,4,7-11H2,1-3H3. The van der Waals surface area contributed by atoms with Crippen LogP contribution in [0.2, 0.25) is 0 Å². The van der Waals surface area contributed by atoms with Crippen LogP contribution < -0.4 is 5.32 Å². The summed E-state index contributed by atoms with van der Waals surface area (Å²) in [6.45, 7) is 8.97. The molecule has 0 bridgehead atoms. The molecule has 1 fully saturated rings. The van der Waals surface area contributed by atoms with E-state index in [0.29, 0.717) is 37.2 Å². The molecule has 1 saturated heterocycles. The van der Waals surface area contributed by atoms with Gasteiger partial charge in [0.15, 0.2) is 0 Å². The van der Waals surface area contributed by atoms with Crippen molar-refractivity contribution in [1.82, 2.24) is 9.62 Å². The van der Waals surface area contributed by atoms with E-state index in [1.54, 1.807) is 16.4 Å². The topological polar surface area (TPSA) is 62.6 Å². The van der Waals surface area contributed by atoms with E-state index in [1.807, 2.05) is 6.92 Å². The Kier molecular flexibility index (Phi) is 5.46. The fourth-order valence-corrected chi connectivity index (χ4v) is 4.15. The molecule has 1 N–H and O–H groups in total. The van der Waals surface area contributed by atoms with Crippen molar-refractivity contribution in [2.75, 3.05) is 19.6 Å². The first-order valence-electron chi connectivity index (χ1n) is 7.74. The molecule has 0 atom stereocenters. The van der Waals surface area contributed by atoms with Crippen molar-refractivity contribution in [3.05, 3.63) is 17.9 Å². The van der Waals surface area contributed by atoms with Gasteiger partial charge in [0.25, 0.3) is 10.0 Å². The number of nitrogens with zero attached hydrogens (tertiary/aromatic N) is 1. The zero-order chi connectivity index (χ0) is 15.5. The van der Waals surface area contributed by atoms with Crippen LogP contribution in [0.3, 0.4) is 0 Å². The van der Waals surface area contributed by atoms with E-state index >= 15 is 0 Å². The largest absolute Gasteiger partial charge is 0.447 e. The molecule has 2 heterocycles. The minimum atomic E-state index is -3.48. The maximum atomic E-state index is 12.6. The van der Waals surface area contributed by atoms with Crippen LogP contribution in [-0.2, 0) is 16.6 Å². The molecule has 0 aliphatic carbocycles. The van der Waals surface area contributed by atoms with E-state index in [2.05, 4.69) is 19.2 Å². The Morgan fingerprint density at radius 2 is 2.00 bits per heavy atom. The van der Waals surface area contributed by atoms with Gasteiger partial charge in [-0.05, 0) is 43.4 Å². The van der Waals surface area contributed by atoms with Crippen molar-refractivity contribution in [1.29, 1.82) is 0 Å². The van der Waals surface area contributed by atoms with Crippen molar-refractivity contribution >= 4 is 10.0 Å². The first-order chi connectivity index (χ1) is 9.95. The molecular formula is C15H26N2O3S. The highest BCUT2D eigenvalue weighted by molar-refractivity contribution is 7.89. The zero-order valence-corrected chi connectivity index (χ0v) is 13.9. The predicted molar refractivity (Wildman–Crippen MR) is 82.4 cm³/mol. The highest BCUT2D eigenvalue weighted by Crippen LogP contribution is 2.28. The number of hydrogen-bond acceptors (Lipinski definition) is 4. The van der Waals surface area contributed by atoms with Crippen LogP contribution >= 0.6 is 0 Å². The van der Waals surface area contributed by atoms with Crippen LogP contribution in [0.4, 0.5) is 0 Å². The molecule has 0 radical (unpaired) electrons. The molecule has 0 saturated carbocycles. The number of sulfonamides is 1. The molecule has 1 aromatic rings. The molecule has 0 spiro atoms. The number of rotatable bonds is 6. The van der Waals surface area contributed by atoms with E-state index < -0.39 is 10.0 Å². The van der Waals surface area contributed by atoms with Crippen LogP contribution in [0, 0.1) is 11.8 Å². The van der Waals surface area contributed by atoms with Crippen LogP contribution in [0.25, 0.3) is 0 Å². The molecule has 5 nitrogen and oxygen atoms in total. The van der Waals surface area contributed by atoms with Crippen molar-refractivity contribution in [2.24, 2.45) is 11.8 Å². The molecule has 1 aliphatic rings. The lowest BCUT2D eigenvalue weighted by Gasteiger charge is -2.32. The zero-order valence-electron chi connectivity index (χ0n) is 13.1. The van der Waals surface area contributed by atoms with Crippen molar-refractivity contribution in [3.8, 4) is 0 Å². The summed E-state index contributed by atoms with van der Waals surface area (Å²) in [6, 6.07) is 3.30. The SMILES string of the molecule is CCNCc1ccc(S(=O)(=O)N2CCC(C(C)C)CC2)o1. The number of furan rings is 1. The fourth-order valence-electron chi connectivity index (χ4n) is 2.75. The van der Waals surface area contributed by atoms with Gasteiger partial charge in [-0.3, -0.25) is 0 Å². The number of nitrogens with one attached hydrogen (secondary N) is 1. The third-order valence-electron chi connectivity index (χ3n) is 4.22. The predicted octanol–water partition coefficient (Wildman–Crippen LogP) is 2.45. The van der Waals surface area contributed by atoms with Gasteiger partial charge in [-0.1, -0.05) is 20.8 Å². The molecule has 0 amide bonds. The van der Waals surface area contributed by atoms with E-state index in [-0.39, 0.29) is 5.09 Å². The van der Waals surface area contributed by atoms with Crippen LogP contribution in [0.1, 0.15) is 39.4 Å². The molecule has 0 aromatic carbocycles. The summed E-state index contributed by atoms with van der Waals surface area (Å²) in [6.07, 6.45) is 1.86. The number of hydrogen-bond donors (Lipinski definition) is 1. The fraction of sp³-hybridized carbons (Fsp3) is 0.733. The summed E-state index contributed by atoms with van der Waals surface area (Å²) < 4.78 is 32.2. The quantitative estimate of drug-likeness (QED) is 0.876. The van der Waals surface area contributed by atoms with Crippen LogP contribution in [-0.4, -0.2) is 32.4 Å². The van der Waals surface area contributed by atoms with E-state index in [1.165, 1.54) is 0 Å². The Morgan fingerprint density at radius 3 is 2.57 bits per heavy atom. The van der Waals surface area contributed by atoms with E-state index in [9.17, 15) is 8.42 Å². The maximum absolute atomic E-state index is 12.6. The second-order valence-electron chi connectivity index (χ2n) is 5.99. The second-order valence-corrected chi connectivity index (χ2v) is 7.86. The van der Waals surface area contributed by atoms with E-state index in [4.69, 9.17) is 4.42 Å². The van der Waals surface area contributed by atoms with Crippen LogP contribution in [0.5, 0.6) is 0 Å². The van der Waals surface area contributed by atoms with Gasteiger partial charge in [0.2, 0.25) is 5.09 Å². The minimum absolute atomic E-state index is 0.0680. The first kappa shape index (κ1) is 16.5. The summed E-state index contributed by atoms with van der Waals surface area (Å²) in [5.41, 5.74) is 0. The lowest BCUT2D eigenvalue weighted by Crippen LogP contribution is -2.39. The normalized spacial score (nSPS) is 18.5.